The Morgan fingerprint density at radius 2 is 1.62 bits per heavy atom. The summed E-state index contributed by atoms with van der Waals surface area (Å²) in [6.07, 6.45) is 4.48. The van der Waals surface area contributed by atoms with Crippen LogP contribution in [0.5, 0.6) is 5.75 Å². The molecule has 0 bridgehead atoms. The van der Waals surface area contributed by atoms with Gasteiger partial charge < -0.3 is 4.74 Å². The molecule has 162 valence electrons. The molecule has 32 heavy (non-hydrogen) atoms. The summed E-state index contributed by atoms with van der Waals surface area (Å²) in [6.45, 7) is 2.27. The molecule has 1 aliphatic carbocycles. The number of ether oxygens (including phenoxy) is 1. The van der Waals surface area contributed by atoms with E-state index in [0.717, 1.165) is 34.7 Å². The van der Waals surface area contributed by atoms with Crippen LogP contribution in [-0.2, 0) is 6.42 Å². The Labute approximate surface area is 188 Å². The van der Waals surface area contributed by atoms with Gasteiger partial charge >= 0.3 is 0 Å². The van der Waals surface area contributed by atoms with E-state index in [9.17, 15) is 10.1 Å². The zero-order valence-corrected chi connectivity index (χ0v) is 18.5. The highest BCUT2D eigenvalue weighted by molar-refractivity contribution is 6.09. The molecule has 2 atom stereocenters. The largest absolute Gasteiger partial charge is 0.497 e. The lowest BCUT2D eigenvalue weighted by Gasteiger charge is -2.33. The van der Waals surface area contributed by atoms with Gasteiger partial charge in [-0.3, -0.25) is 10.1 Å². The predicted octanol–water partition coefficient (Wildman–Crippen LogP) is 7.52. The van der Waals surface area contributed by atoms with Crippen LogP contribution in [0, 0.1) is 10.1 Å². The van der Waals surface area contributed by atoms with Gasteiger partial charge in [-0.2, -0.15) is 0 Å². The lowest BCUT2D eigenvalue weighted by atomic mass is 9.72. The molecular formula is C28H27NO3. The van der Waals surface area contributed by atoms with Gasteiger partial charge in [-0.1, -0.05) is 43.3 Å². The van der Waals surface area contributed by atoms with E-state index < -0.39 is 0 Å². The molecule has 0 fully saturated rings. The molecule has 4 nitrogen and oxygen atoms in total. The summed E-state index contributed by atoms with van der Waals surface area (Å²) in [5.74, 6) is 1.89. The number of non-ortho nitro benzene ring substituents is 1. The summed E-state index contributed by atoms with van der Waals surface area (Å²) >= 11 is 0. The van der Waals surface area contributed by atoms with Crippen LogP contribution in [0.4, 0.5) is 5.69 Å². The molecular weight excluding hydrogens is 398 g/mol. The van der Waals surface area contributed by atoms with Crippen LogP contribution in [0.25, 0.3) is 21.5 Å². The third-order valence-corrected chi connectivity index (χ3v) is 7.13. The molecule has 2 unspecified atom stereocenters. The fourth-order valence-electron chi connectivity index (χ4n) is 5.46. The number of hydrogen-bond acceptors (Lipinski definition) is 3. The maximum Gasteiger partial charge on any atom is 0.270 e. The quantitative estimate of drug-likeness (QED) is 0.189. The standard InChI is InChI=1S/C28H27NO3/c1-3-19-6-7-21(16-18-4-11-23(32-2)12-5-18)24-14-15-25-26(28(19)24)13-9-20-8-10-22(29(30)31)17-27(20)25/h4-5,8-15,17,19,21H,3,6-7,16H2,1-2H3. The summed E-state index contributed by atoms with van der Waals surface area (Å²) in [6, 6.07) is 22.4. The van der Waals surface area contributed by atoms with Crippen LogP contribution in [0.3, 0.4) is 0 Å². The average molecular weight is 426 g/mol. The van der Waals surface area contributed by atoms with Crippen molar-refractivity contribution in [2.24, 2.45) is 0 Å². The Hall–Kier alpha value is -3.40. The molecule has 0 N–H and O–H groups in total. The van der Waals surface area contributed by atoms with Crippen molar-refractivity contribution in [2.45, 2.75) is 44.4 Å². The molecule has 4 aromatic rings. The van der Waals surface area contributed by atoms with E-state index in [0.29, 0.717) is 11.8 Å². The van der Waals surface area contributed by atoms with Gasteiger partial charge in [-0.25, -0.2) is 0 Å². The van der Waals surface area contributed by atoms with Crippen LogP contribution in [-0.4, -0.2) is 12.0 Å². The zero-order valence-electron chi connectivity index (χ0n) is 18.5. The number of nitro groups is 1. The Morgan fingerprint density at radius 3 is 2.34 bits per heavy atom. The van der Waals surface area contributed by atoms with Crippen LogP contribution in [0.1, 0.15) is 54.7 Å². The van der Waals surface area contributed by atoms with E-state index in [2.05, 4.69) is 43.3 Å². The van der Waals surface area contributed by atoms with Crippen LogP contribution in [0.2, 0.25) is 0 Å². The van der Waals surface area contributed by atoms with Crippen molar-refractivity contribution >= 4 is 27.2 Å². The first kappa shape index (κ1) is 20.5. The van der Waals surface area contributed by atoms with Crippen molar-refractivity contribution in [3.05, 3.63) is 93.5 Å². The highest BCUT2D eigenvalue weighted by Gasteiger charge is 2.28. The van der Waals surface area contributed by atoms with E-state index in [1.807, 2.05) is 18.2 Å². The van der Waals surface area contributed by atoms with E-state index in [-0.39, 0.29) is 10.6 Å². The molecule has 0 aromatic heterocycles. The first-order valence-corrected chi connectivity index (χ1v) is 11.4. The first-order chi connectivity index (χ1) is 15.6. The van der Waals surface area contributed by atoms with Gasteiger partial charge in [0.05, 0.1) is 12.0 Å². The van der Waals surface area contributed by atoms with Crippen LogP contribution >= 0.6 is 0 Å². The Balaban J connectivity index is 1.64. The van der Waals surface area contributed by atoms with Crippen molar-refractivity contribution in [1.82, 2.24) is 0 Å². The van der Waals surface area contributed by atoms with Gasteiger partial charge in [-0.05, 0) is 94.0 Å². The molecule has 0 spiro atoms. The molecule has 5 rings (SSSR count). The average Bonchev–Trinajstić information content (AvgIpc) is 2.83. The predicted molar refractivity (Wildman–Crippen MR) is 130 cm³/mol. The third-order valence-electron chi connectivity index (χ3n) is 7.13. The maximum atomic E-state index is 11.4. The van der Waals surface area contributed by atoms with E-state index >= 15 is 0 Å². The Bertz CT molecular complexity index is 1310. The lowest BCUT2D eigenvalue weighted by Crippen LogP contribution is -2.16. The van der Waals surface area contributed by atoms with Gasteiger partial charge in [-0.15, -0.1) is 0 Å². The lowest BCUT2D eigenvalue weighted by molar-refractivity contribution is -0.384. The molecule has 0 saturated heterocycles. The minimum absolute atomic E-state index is 0.146. The Morgan fingerprint density at radius 1 is 0.906 bits per heavy atom. The van der Waals surface area contributed by atoms with E-state index in [1.54, 1.807) is 19.2 Å². The number of fused-ring (bicyclic) bond motifs is 5. The maximum absolute atomic E-state index is 11.4. The molecule has 0 saturated carbocycles. The van der Waals surface area contributed by atoms with Crippen molar-refractivity contribution in [3.8, 4) is 5.75 Å². The van der Waals surface area contributed by atoms with Crippen molar-refractivity contribution in [2.75, 3.05) is 7.11 Å². The molecule has 4 aromatic carbocycles. The van der Waals surface area contributed by atoms with E-state index in [4.69, 9.17) is 4.74 Å². The third kappa shape index (κ3) is 3.50. The molecule has 0 radical (unpaired) electrons. The summed E-state index contributed by atoms with van der Waals surface area (Å²) in [5.41, 5.74) is 4.36. The number of methoxy groups -OCH3 is 1. The van der Waals surface area contributed by atoms with Gasteiger partial charge in [0.2, 0.25) is 0 Å². The molecule has 0 heterocycles. The second-order valence-corrected chi connectivity index (χ2v) is 8.82. The molecule has 1 aliphatic rings. The second kappa shape index (κ2) is 8.27. The molecule has 4 heteroatoms. The number of rotatable bonds is 5. The highest BCUT2D eigenvalue weighted by atomic mass is 16.6. The van der Waals surface area contributed by atoms with Gasteiger partial charge in [0.15, 0.2) is 0 Å². The zero-order chi connectivity index (χ0) is 22.2. The highest BCUT2D eigenvalue weighted by Crippen LogP contribution is 2.46. The summed E-state index contributed by atoms with van der Waals surface area (Å²) in [7, 11) is 1.70. The van der Waals surface area contributed by atoms with Crippen molar-refractivity contribution < 1.29 is 9.66 Å². The SMILES string of the molecule is CCC1CCC(Cc2ccc(OC)cc2)c2ccc3c(ccc4ccc([N+](=O)[O-])cc43)c21. The van der Waals surface area contributed by atoms with Crippen molar-refractivity contribution in [1.29, 1.82) is 0 Å². The number of nitrogens with zero attached hydrogens (tertiary/aromatic N) is 1. The summed E-state index contributed by atoms with van der Waals surface area (Å²) in [4.78, 5) is 11.1. The fraction of sp³-hybridized carbons (Fsp3) is 0.286. The topological polar surface area (TPSA) is 52.4 Å². The minimum atomic E-state index is -0.309. The van der Waals surface area contributed by atoms with Gasteiger partial charge in [0.25, 0.3) is 5.69 Å². The second-order valence-electron chi connectivity index (χ2n) is 8.82. The first-order valence-electron chi connectivity index (χ1n) is 11.4. The number of hydrogen-bond donors (Lipinski definition) is 0. The molecule has 0 aliphatic heterocycles. The van der Waals surface area contributed by atoms with E-state index in [1.165, 1.54) is 34.9 Å². The van der Waals surface area contributed by atoms with Crippen LogP contribution in [0.15, 0.2) is 66.7 Å². The van der Waals surface area contributed by atoms with Gasteiger partial charge in [0, 0.05) is 12.1 Å². The normalized spacial score (nSPS) is 17.9. The number of nitro benzene ring substituents is 1. The molecule has 0 amide bonds. The smallest absolute Gasteiger partial charge is 0.270 e. The monoisotopic (exact) mass is 425 g/mol. The summed E-state index contributed by atoms with van der Waals surface area (Å²) in [5, 5.41) is 15.7. The minimum Gasteiger partial charge on any atom is -0.497 e. The van der Waals surface area contributed by atoms with Gasteiger partial charge in [0.1, 0.15) is 5.75 Å². The van der Waals surface area contributed by atoms with Crippen molar-refractivity contribution in [3.63, 3.8) is 0 Å². The number of benzene rings is 4. The fourth-order valence-corrected chi connectivity index (χ4v) is 5.46. The Kier molecular flexibility index (Phi) is 5.30. The summed E-state index contributed by atoms with van der Waals surface area (Å²) < 4.78 is 5.31. The van der Waals surface area contributed by atoms with Crippen LogP contribution < -0.4 is 4.74 Å².